The molecule has 1 saturated carbocycles. The van der Waals surface area contributed by atoms with Gasteiger partial charge in [0.1, 0.15) is 0 Å². The highest BCUT2D eigenvalue weighted by atomic mass is 16.3. The monoisotopic (exact) mass is 220 g/mol. The number of nitrogens with zero attached hydrogens (tertiary/aromatic N) is 1. The fraction of sp³-hybridized carbons (Fsp3) is 0.615. The Balaban J connectivity index is 1.87. The largest absolute Gasteiger partial charge is 0.396 e. The van der Waals surface area contributed by atoms with E-state index in [1.807, 2.05) is 12.3 Å². The predicted molar refractivity (Wildman–Crippen MR) is 64.0 cm³/mol. The summed E-state index contributed by atoms with van der Waals surface area (Å²) in [5, 5.41) is 12.5. The van der Waals surface area contributed by atoms with Gasteiger partial charge >= 0.3 is 0 Å². The van der Waals surface area contributed by atoms with Crippen molar-refractivity contribution in [1.29, 1.82) is 0 Å². The van der Waals surface area contributed by atoms with E-state index in [1.54, 1.807) is 0 Å². The maximum absolute atomic E-state index is 9.01. The van der Waals surface area contributed by atoms with Crippen LogP contribution < -0.4 is 5.32 Å². The molecule has 1 aromatic rings. The van der Waals surface area contributed by atoms with Crippen LogP contribution in [0.15, 0.2) is 18.3 Å². The van der Waals surface area contributed by atoms with Gasteiger partial charge in [-0.1, -0.05) is 6.07 Å². The van der Waals surface area contributed by atoms with Gasteiger partial charge in [0, 0.05) is 25.4 Å². The number of hydrogen-bond acceptors (Lipinski definition) is 3. The first-order chi connectivity index (χ1) is 7.81. The molecule has 0 aliphatic heterocycles. The second kappa shape index (κ2) is 5.41. The zero-order chi connectivity index (χ0) is 11.4. The molecule has 2 N–H and O–H groups in total. The van der Waals surface area contributed by atoms with Gasteiger partial charge in [-0.05, 0) is 43.7 Å². The number of hydrogen-bond donors (Lipinski definition) is 2. The number of nitrogens with one attached hydrogen (secondary N) is 1. The van der Waals surface area contributed by atoms with E-state index in [4.69, 9.17) is 5.11 Å². The average Bonchev–Trinajstić information content (AvgIpc) is 3.10. The van der Waals surface area contributed by atoms with Crippen LogP contribution in [0.2, 0.25) is 0 Å². The van der Waals surface area contributed by atoms with Crippen LogP contribution >= 0.6 is 0 Å². The van der Waals surface area contributed by atoms with Gasteiger partial charge in [0.15, 0.2) is 0 Å². The Morgan fingerprint density at radius 2 is 2.38 bits per heavy atom. The summed E-state index contributed by atoms with van der Waals surface area (Å²) in [5.41, 5.74) is 2.35. The third-order valence-corrected chi connectivity index (χ3v) is 3.28. The Bertz CT molecular complexity index is 336. The highest BCUT2D eigenvalue weighted by molar-refractivity contribution is 5.17. The molecule has 1 aromatic heterocycles. The first kappa shape index (κ1) is 11.6. The lowest BCUT2D eigenvalue weighted by molar-refractivity contribution is 0.255. The number of aliphatic hydroxyl groups is 1. The zero-order valence-corrected chi connectivity index (χ0v) is 9.82. The summed E-state index contributed by atoms with van der Waals surface area (Å²) in [5.74, 6) is 0.774. The number of rotatable bonds is 6. The molecular weight excluding hydrogens is 200 g/mol. The quantitative estimate of drug-likeness (QED) is 0.766. The Morgan fingerprint density at radius 1 is 1.56 bits per heavy atom. The fourth-order valence-corrected chi connectivity index (χ4v) is 2.07. The van der Waals surface area contributed by atoms with Crippen LogP contribution in [0.5, 0.6) is 0 Å². The van der Waals surface area contributed by atoms with Crippen molar-refractivity contribution in [2.24, 2.45) is 5.92 Å². The standard InChI is InChI=1S/C13H20N2O/c1-10-3-2-7-14-13(10)9-15-12(6-8-16)11-4-5-11/h2-3,7,11-12,15-16H,4-6,8-9H2,1H3. The minimum Gasteiger partial charge on any atom is -0.396 e. The first-order valence-corrected chi connectivity index (χ1v) is 6.06. The summed E-state index contributed by atoms with van der Waals surface area (Å²) in [7, 11) is 0. The third kappa shape index (κ3) is 3.03. The molecule has 0 radical (unpaired) electrons. The molecule has 3 heteroatoms. The topological polar surface area (TPSA) is 45.2 Å². The lowest BCUT2D eigenvalue weighted by Crippen LogP contribution is -2.32. The van der Waals surface area contributed by atoms with Gasteiger partial charge in [0.2, 0.25) is 0 Å². The molecule has 88 valence electrons. The van der Waals surface area contributed by atoms with E-state index in [2.05, 4.69) is 23.3 Å². The van der Waals surface area contributed by atoms with Crippen LogP contribution in [-0.4, -0.2) is 22.7 Å². The van der Waals surface area contributed by atoms with E-state index >= 15 is 0 Å². The first-order valence-electron chi connectivity index (χ1n) is 6.06. The van der Waals surface area contributed by atoms with Crippen LogP contribution in [0.4, 0.5) is 0 Å². The van der Waals surface area contributed by atoms with Crippen LogP contribution in [0.1, 0.15) is 30.5 Å². The number of aromatic nitrogens is 1. The van der Waals surface area contributed by atoms with Gasteiger partial charge in [-0.2, -0.15) is 0 Å². The van der Waals surface area contributed by atoms with Gasteiger partial charge < -0.3 is 10.4 Å². The van der Waals surface area contributed by atoms with E-state index in [0.717, 1.165) is 24.6 Å². The summed E-state index contributed by atoms with van der Waals surface area (Å²) in [6.07, 6.45) is 5.30. The van der Waals surface area contributed by atoms with Crippen LogP contribution in [0.25, 0.3) is 0 Å². The van der Waals surface area contributed by atoms with Crippen molar-refractivity contribution in [2.45, 2.75) is 38.8 Å². The highest BCUT2D eigenvalue weighted by Gasteiger charge is 2.30. The van der Waals surface area contributed by atoms with Crippen molar-refractivity contribution < 1.29 is 5.11 Å². The molecule has 1 aliphatic rings. The van der Waals surface area contributed by atoms with E-state index in [0.29, 0.717) is 6.04 Å². The molecule has 0 saturated heterocycles. The summed E-state index contributed by atoms with van der Waals surface area (Å²) < 4.78 is 0. The van der Waals surface area contributed by atoms with Crippen molar-refractivity contribution >= 4 is 0 Å². The third-order valence-electron chi connectivity index (χ3n) is 3.28. The van der Waals surface area contributed by atoms with E-state index in [9.17, 15) is 0 Å². The van der Waals surface area contributed by atoms with Crippen LogP contribution in [0, 0.1) is 12.8 Å². The lowest BCUT2D eigenvalue weighted by Gasteiger charge is -2.17. The minimum absolute atomic E-state index is 0.273. The van der Waals surface area contributed by atoms with Gasteiger partial charge in [-0.15, -0.1) is 0 Å². The summed E-state index contributed by atoms with van der Waals surface area (Å²) >= 11 is 0. The summed E-state index contributed by atoms with van der Waals surface area (Å²) in [6, 6.07) is 4.51. The second-order valence-corrected chi connectivity index (χ2v) is 4.60. The number of pyridine rings is 1. The van der Waals surface area contributed by atoms with Crippen molar-refractivity contribution in [3.05, 3.63) is 29.6 Å². The van der Waals surface area contributed by atoms with Crippen LogP contribution in [0.3, 0.4) is 0 Å². The molecule has 0 aromatic carbocycles. The number of aliphatic hydroxyl groups excluding tert-OH is 1. The average molecular weight is 220 g/mol. The maximum atomic E-state index is 9.01. The molecule has 0 amide bonds. The molecule has 0 bridgehead atoms. The smallest absolute Gasteiger partial charge is 0.0570 e. The molecule has 0 spiro atoms. The van der Waals surface area contributed by atoms with Gasteiger partial charge in [-0.25, -0.2) is 0 Å². The zero-order valence-electron chi connectivity index (χ0n) is 9.82. The normalized spacial score (nSPS) is 17.4. The molecular formula is C13H20N2O. The number of aryl methyl sites for hydroxylation is 1. The molecule has 1 unspecified atom stereocenters. The Labute approximate surface area is 96.9 Å². The lowest BCUT2D eigenvalue weighted by atomic mass is 10.1. The Kier molecular flexibility index (Phi) is 3.91. The minimum atomic E-state index is 0.273. The molecule has 2 rings (SSSR count). The molecule has 1 heterocycles. The van der Waals surface area contributed by atoms with Crippen LogP contribution in [-0.2, 0) is 6.54 Å². The molecule has 1 fully saturated rings. The van der Waals surface area contributed by atoms with Crippen molar-refractivity contribution in [1.82, 2.24) is 10.3 Å². The van der Waals surface area contributed by atoms with E-state index < -0.39 is 0 Å². The maximum Gasteiger partial charge on any atom is 0.0570 e. The van der Waals surface area contributed by atoms with E-state index in [1.165, 1.54) is 18.4 Å². The van der Waals surface area contributed by atoms with Gasteiger partial charge in [0.25, 0.3) is 0 Å². The van der Waals surface area contributed by atoms with E-state index in [-0.39, 0.29) is 6.61 Å². The molecule has 1 aliphatic carbocycles. The molecule has 1 atom stereocenters. The van der Waals surface area contributed by atoms with Crippen molar-refractivity contribution in [3.8, 4) is 0 Å². The Morgan fingerprint density at radius 3 is 3.00 bits per heavy atom. The van der Waals surface area contributed by atoms with Gasteiger partial charge in [-0.3, -0.25) is 4.98 Å². The van der Waals surface area contributed by atoms with Gasteiger partial charge in [0.05, 0.1) is 5.69 Å². The second-order valence-electron chi connectivity index (χ2n) is 4.60. The SMILES string of the molecule is Cc1cccnc1CNC(CCO)C1CC1. The summed E-state index contributed by atoms with van der Waals surface area (Å²) in [6.45, 7) is 3.17. The van der Waals surface area contributed by atoms with Crippen molar-refractivity contribution in [3.63, 3.8) is 0 Å². The predicted octanol–water partition coefficient (Wildman–Crippen LogP) is 1.64. The van der Waals surface area contributed by atoms with Crippen molar-refractivity contribution in [2.75, 3.05) is 6.61 Å². The Hall–Kier alpha value is -0.930. The fourth-order valence-electron chi connectivity index (χ4n) is 2.07. The highest BCUT2D eigenvalue weighted by Crippen LogP contribution is 2.34. The molecule has 16 heavy (non-hydrogen) atoms. The molecule has 3 nitrogen and oxygen atoms in total. The summed E-state index contributed by atoms with van der Waals surface area (Å²) in [4.78, 5) is 4.37.